The second-order valence-corrected chi connectivity index (χ2v) is 9.19. The SMILES string of the molecule is Nc1ncc([C@H]2CC[C@H](O)[C@H](F)C2)nc1-c1ccc(C(=O)NCc2cc(F)cc(Br)c2)c(F)c1. The number of carbonyl (C=O) groups excluding carboxylic acids is 1. The van der Waals surface area contributed by atoms with Crippen molar-refractivity contribution in [3.63, 3.8) is 0 Å². The molecule has 1 heterocycles. The molecule has 1 amide bonds. The van der Waals surface area contributed by atoms with Gasteiger partial charge in [0.15, 0.2) is 0 Å². The minimum absolute atomic E-state index is 0.0164. The molecule has 0 saturated heterocycles. The van der Waals surface area contributed by atoms with Gasteiger partial charge in [0.2, 0.25) is 0 Å². The summed E-state index contributed by atoms with van der Waals surface area (Å²) < 4.78 is 42.8. The molecule has 0 aliphatic heterocycles. The van der Waals surface area contributed by atoms with Crippen molar-refractivity contribution in [3.8, 4) is 11.3 Å². The van der Waals surface area contributed by atoms with Crippen LogP contribution in [0.3, 0.4) is 0 Å². The van der Waals surface area contributed by atoms with Crippen LogP contribution in [0.2, 0.25) is 0 Å². The van der Waals surface area contributed by atoms with Gasteiger partial charge < -0.3 is 16.2 Å². The molecule has 10 heteroatoms. The van der Waals surface area contributed by atoms with Gasteiger partial charge in [-0.3, -0.25) is 4.79 Å². The first-order chi connectivity index (χ1) is 16.2. The highest BCUT2D eigenvalue weighted by Crippen LogP contribution is 2.35. The molecule has 0 unspecified atom stereocenters. The van der Waals surface area contributed by atoms with Gasteiger partial charge in [-0.2, -0.15) is 0 Å². The molecule has 1 aliphatic rings. The van der Waals surface area contributed by atoms with Crippen LogP contribution in [0.4, 0.5) is 19.0 Å². The van der Waals surface area contributed by atoms with Crippen molar-refractivity contribution in [2.45, 2.75) is 44.0 Å². The number of aromatic nitrogens is 2. The Balaban J connectivity index is 1.52. The number of halogens is 4. The molecular formula is C24H22BrF3N4O2. The molecule has 6 nitrogen and oxygen atoms in total. The molecule has 1 aliphatic carbocycles. The fourth-order valence-corrected chi connectivity index (χ4v) is 4.54. The third kappa shape index (κ3) is 5.39. The van der Waals surface area contributed by atoms with E-state index in [9.17, 15) is 23.1 Å². The van der Waals surface area contributed by atoms with E-state index in [0.29, 0.717) is 34.1 Å². The Morgan fingerprint density at radius 2 is 2.00 bits per heavy atom. The predicted molar refractivity (Wildman–Crippen MR) is 125 cm³/mol. The number of anilines is 1. The summed E-state index contributed by atoms with van der Waals surface area (Å²) in [6, 6.07) is 8.17. The average Bonchev–Trinajstić information content (AvgIpc) is 2.79. The number of rotatable bonds is 5. The van der Waals surface area contributed by atoms with E-state index in [-0.39, 0.29) is 36.0 Å². The van der Waals surface area contributed by atoms with E-state index in [4.69, 9.17) is 5.73 Å². The quantitative estimate of drug-likeness (QED) is 0.441. The van der Waals surface area contributed by atoms with Gasteiger partial charge in [-0.15, -0.1) is 0 Å². The first-order valence-corrected chi connectivity index (χ1v) is 11.5. The Kier molecular flexibility index (Phi) is 7.18. The first kappa shape index (κ1) is 24.2. The van der Waals surface area contributed by atoms with Crippen molar-refractivity contribution in [1.29, 1.82) is 0 Å². The van der Waals surface area contributed by atoms with Gasteiger partial charge in [0.05, 0.1) is 23.6 Å². The van der Waals surface area contributed by atoms with E-state index in [1.54, 1.807) is 6.07 Å². The Morgan fingerprint density at radius 3 is 2.71 bits per heavy atom. The third-order valence-corrected chi connectivity index (χ3v) is 6.30. The van der Waals surface area contributed by atoms with Crippen LogP contribution in [0.1, 0.15) is 46.8 Å². The summed E-state index contributed by atoms with van der Waals surface area (Å²) in [6.07, 6.45) is 0.136. The highest BCUT2D eigenvalue weighted by Gasteiger charge is 2.31. The Labute approximate surface area is 202 Å². The Bertz CT molecular complexity index is 1210. The number of nitrogens with two attached hydrogens (primary N) is 1. The zero-order valence-corrected chi connectivity index (χ0v) is 19.5. The summed E-state index contributed by atoms with van der Waals surface area (Å²) in [5.74, 6) is -2.06. The first-order valence-electron chi connectivity index (χ1n) is 10.7. The lowest BCUT2D eigenvalue weighted by molar-refractivity contribution is 0.0363. The number of benzene rings is 2. The van der Waals surface area contributed by atoms with E-state index >= 15 is 0 Å². The van der Waals surface area contributed by atoms with E-state index < -0.39 is 29.8 Å². The summed E-state index contributed by atoms with van der Waals surface area (Å²) in [4.78, 5) is 21.1. The highest BCUT2D eigenvalue weighted by atomic mass is 79.9. The molecule has 2 aromatic carbocycles. The van der Waals surface area contributed by atoms with Gasteiger partial charge in [0, 0.05) is 22.5 Å². The monoisotopic (exact) mass is 534 g/mol. The van der Waals surface area contributed by atoms with Crippen LogP contribution in [0.15, 0.2) is 47.1 Å². The molecule has 4 N–H and O–H groups in total. The molecule has 178 valence electrons. The van der Waals surface area contributed by atoms with Crippen LogP contribution in [0.25, 0.3) is 11.3 Å². The zero-order valence-electron chi connectivity index (χ0n) is 17.9. The van der Waals surface area contributed by atoms with Gasteiger partial charge >= 0.3 is 0 Å². The summed E-state index contributed by atoms with van der Waals surface area (Å²) >= 11 is 3.18. The van der Waals surface area contributed by atoms with E-state index in [2.05, 4.69) is 31.2 Å². The number of hydrogen-bond donors (Lipinski definition) is 3. The predicted octanol–water partition coefficient (Wildman–Crippen LogP) is 4.66. The topological polar surface area (TPSA) is 101 Å². The minimum atomic E-state index is -1.34. The van der Waals surface area contributed by atoms with Crippen molar-refractivity contribution in [1.82, 2.24) is 15.3 Å². The molecule has 1 fully saturated rings. The number of nitrogens with one attached hydrogen (secondary N) is 1. The van der Waals surface area contributed by atoms with Crippen LogP contribution >= 0.6 is 15.9 Å². The van der Waals surface area contributed by atoms with E-state index in [1.807, 2.05) is 0 Å². The number of aliphatic hydroxyl groups is 1. The number of nitrogen functional groups attached to an aromatic ring is 1. The van der Waals surface area contributed by atoms with Crippen LogP contribution in [0.5, 0.6) is 0 Å². The maximum absolute atomic E-state index is 14.8. The lowest BCUT2D eigenvalue weighted by Gasteiger charge is -2.28. The van der Waals surface area contributed by atoms with Gasteiger partial charge in [-0.05, 0) is 55.2 Å². The maximum atomic E-state index is 14.8. The summed E-state index contributed by atoms with van der Waals surface area (Å²) in [7, 11) is 0. The van der Waals surface area contributed by atoms with Gasteiger partial charge in [0.25, 0.3) is 5.91 Å². The van der Waals surface area contributed by atoms with Crippen molar-refractivity contribution >= 4 is 27.7 Å². The molecule has 0 spiro atoms. The standard InChI is InChI=1S/C24H22BrF3N4O2/c25-15-5-12(6-16(26)9-15)10-31-24(34)17-3-1-14(8-18(17)27)22-23(29)30-11-20(32-22)13-2-4-21(33)19(28)7-13/h1,3,5-6,8-9,11,13,19,21,33H,2,4,7,10H2,(H2,29,30)(H,31,34)/t13-,19+,21-/m0/s1. The summed E-state index contributed by atoms with van der Waals surface area (Å²) in [5.41, 5.74) is 7.36. The molecule has 1 aromatic heterocycles. The van der Waals surface area contributed by atoms with Crippen molar-refractivity contribution < 1.29 is 23.1 Å². The van der Waals surface area contributed by atoms with E-state index in [1.165, 1.54) is 30.5 Å². The molecule has 34 heavy (non-hydrogen) atoms. The third-order valence-electron chi connectivity index (χ3n) is 5.84. The number of amides is 1. The number of aliphatic hydroxyl groups excluding tert-OH is 1. The Hall–Kier alpha value is -2.98. The molecule has 3 atom stereocenters. The molecule has 0 bridgehead atoms. The lowest BCUT2D eigenvalue weighted by Crippen LogP contribution is -2.30. The van der Waals surface area contributed by atoms with Gasteiger partial charge in [-0.25, -0.2) is 23.1 Å². The van der Waals surface area contributed by atoms with Crippen molar-refractivity contribution in [2.24, 2.45) is 0 Å². The van der Waals surface area contributed by atoms with Crippen LogP contribution in [-0.2, 0) is 6.54 Å². The van der Waals surface area contributed by atoms with Gasteiger partial charge in [0.1, 0.15) is 29.3 Å². The average molecular weight is 535 g/mol. The number of hydrogen-bond acceptors (Lipinski definition) is 5. The minimum Gasteiger partial charge on any atom is -0.390 e. The smallest absolute Gasteiger partial charge is 0.254 e. The summed E-state index contributed by atoms with van der Waals surface area (Å²) in [5, 5.41) is 12.2. The second kappa shape index (κ2) is 10.1. The number of alkyl halides is 1. The van der Waals surface area contributed by atoms with Gasteiger partial charge in [-0.1, -0.05) is 22.0 Å². The Morgan fingerprint density at radius 1 is 1.21 bits per heavy atom. The molecule has 1 saturated carbocycles. The van der Waals surface area contributed by atoms with Crippen molar-refractivity contribution in [2.75, 3.05) is 5.73 Å². The number of carbonyl (C=O) groups is 1. The van der Waals surface area contributed by atoms with Crippen LogP contribution < -0.4 is 11.1 Å². The molecule has 0 radical (unpaired) electrons. The number of nitrogens with zero attached hydrogens (tertiary/aromatic N) is 2. The summed E-state index contributed by atoms with van der Waals surface area (Å²) in [6.45, 7) is 0.0164. The maximum Gasteiger partial charge on any atom is 0.254 e. The lowest BCUT2D eigenvalue weighted by atomic mass is 9.84. The fraction of sp³-hybridized carbons (Fsp3) is 0.292. The highest BCUT2D eigenvalue weighted by molar-refractivity contribution is 9.10. The second-order valence-electron chi connectivity index (χ2n) is 8.28. The van der Waals surface area contributed by atoms with Crippen molar-refractivity contribution in [3.05, 3.63) is 75.5 Å². The van der Waals surface area contributed by atoms with E-state index in [0.717, 1.165) is 6.07 Å². The fourth-order valence-electron chi connectivity index (χ4n) is 4.03. The molecule has 3 aromatic rings. The zero-order chi connectivity index (χ0) is 24.4. The largest absolute Gasteiger partial charge is 0.390 e. The van der Waals surface area contributed by atoms with Crippen LogP contribution in [-0.4, -0.2) is 33.3 Å². The molecule has 4 rings (SSSR count). The van der Waals surface area contributed by atoms with Crippen LogP contribution in [0, 0.1) is 11.6 Å². The normalized spacial score (nSPS) is 20.2. The molecular weight excluding hydrogens is 513 g/mol.